The number of phenols is 1. The van der Waals surface area contributed by atoms with E-state index in [2.05, 4.69) is 4.74 Å². The van der Waals surface area contributed by atoms with E-state index >= 15 is 0 Å². The number of benzene rings is 1. The van der Waals surface area contributed by atoms with Crippen molar-refractivity contribution >= 4 is 11.5 Å². The number of para-hydroxylation sites is 1. The van der Waals surface area contributed by atoms with Crippen molar-refractivity contribution in [2.45, 2.75) is 13.8 Å². The number of hydrogen-bond donors (Lipinski definition) is 1. The Kier molecular flexibility index (Phi) is 3.50. The minimum atomic E-state index is -0.529. The summed E-state index contributed by atoms with van der Waals surface area (Å²) < 4.78 is 4.57. The maximum absolute atomic E-state index is 11.3. The Labute approximate surface area is 89.0 Å². The van der Waals surface area contributed by atoms with Crippen molar-refractivity contribution in [1.29, 1.82) is 0 Å². The van der Waals surface area contributed by atoms with Crippen LogP contribution in [0.4, 0.5) is 0 Å². The summed E-state index contributed by atoms with van der Waals surface area (Å²) in [6, 6.07) is 5.01. The van der Waals surface area contributed by atoms with Crippen LogP contribution >= 0.6 is 0 Å². The van der Waals surface area contributed by atoms with E-state index in [0.29, 0.717) is 5.56 Å². The summed E-state index contributed by atoms with van der Waals surface area (Å²) in [7, 11) is 1.29. The lowest BCUT2D eigenvalue weighted by atomic mass is 10.0. The fourth-order valence-corrected chi connectivity index (χ4v) is 1.29. The molecule has 3 heteroatoms. The molecule has 0 heterocycles. The largest absolute Gasteiger partial charge is 0.506 e. The lowest BCUT2D eigenvalue weighted by Crippen LogP contribution is -2.02. The molecule has 0 bridgehead atoms. The second kappa shape index (κ2) is 4.64. The van der Waals surface area contributed by atoms with Crippen molar-refractivity contribution in [2.75, 3.05) is 7.11 Å². The van der Waals surface area contributed by atoms with Crippen molar-refractivity contribution < 1.29 is 14.6 Å². The molecule has 0 saturated heterocycles. The average Bonchev–Trinajstić information content (AvgIpc) is 2.27. The number of esters is 1. The minimum Gasteiger partial charge on any atom is -0.506 e. The molecule has 80 valence electrons. The molecule has 0 fully saturated rings. The molecule has 1 rings (SSSR count). The standard InChI is InChI=1S/C12H14O3/c1-4-8(2)9-6-5-7-10(11(9)13)12(14)15-3/h4-7,13H,1-3H3. The molecule has 0 aromatic heterocycles. The van der Waals surface area contributed by atoms with Crippen LogP contribution in [0.1, 0.15) is 29.8 Å². The zero-order chi connectivity index (χ0) is 11.4. The summed E-state index contributed by atoms with van der Waals surface area (Å²) in [5.41, 5.74) is 1.76. The maximum atomic E-state index is 11.3. The molecule has 1 N–H and O–H groups in total. The van der Waals surface area contributed by atoms with Crippen LogP contribution in [0, 0.1) is 0 Å². The number of hydrogen-bond acceptors (Lipinski definition) is 3. The highest BCUT2D eigenvalue weighted by molar-refractivity contribution is 5.94. The van der Waals surface area contributed by atoms with Crippen molar-refractivity contribution in [2.24, 2.45) is 0 Å². The molecule has 0 aliphatic heterocycles. The van der Waals surface area contributed by atoms with E-state index in [1.165, 1.54) is 13.2 Å². The van der Waals surface area contributed by atoms with Crippen LogP contribution in [-0.4, -0.2) is 18.2 Å². The highest BCUT2D eigenvalue weighted by atomic mass is 16.5. The Hall–Kier alpha value is -1.77. The first-order chi connectivity index (χ1) is 7.11. The summed E-state index contributed by atoms with van der Waals surface area (Å²) in [5.74, 6) is -0.557. The minimum absolute atomic E-state index is 0.0278. The van der Waals surface area contributed by atoms with Crippen molar-refractivity contribution in [3.8, 4) is 5.75 Å². The highest BCUT2D eigenvalue weighted by Gasteiger charge is 2.14. The van der Waals surface area contributed by atoms with Gasteiger partial charge in [-0.25, -0.2) is 4.79 Å². The van der Waals surface area contributed by atoms with Gasteiger partial charge in [0, 0.05) is 5.56 Å². The lowest BCUT2D eigenvalue weighted by Gasteiger charge is -2.08. The number of aromatic hydroxyl groups is 1. The zero-order valence-corrected chi connectivity index (χ0v) is 9.07. The van der Waals surface area contributed by atoms with Gasteiger partial charge >= 0.3 is 5.97 Å². The first-order valence-corrected chi connectivity index (χ1v) is 4.65. The number of carbonyl (C=O) groups excluding carboxylic acids is 1. The van der Waals surface area contributed by atoms with Gasteiger partial charge in [0.25, 0.3) is 0 Å². The highest BCUT2D eigenvalue weighted by Crippen LogP contribution is 2.28. The number of phenolic OH excluding ortho intramolecular Hbond substituents is 1. The molecular formula is C12H14O3. The third-order valence-corrected chi connectivity index (χ3v) is 2.30. The monoisotopic (exact) mass is 206 g/mol. The molecule has 0 aliphatic carbocycles. The van der Waals surface area contributed by atoms with Crippen LogP contribution < -0.4 is 0 Å². The fourth-order valence-electron chi connectivity index (χ4n) is 1.29. The second-order valence-corrected chi connectivity index (χ2v) is 3.17. The third kappa shape index (κ3) is 2.18. The van der Waals surface area contributed by atoms with E-state index in [9.17, 15) is 9.90 Å². The lowest BCUT2D eigenvalue weighted by molar-refractivity contribution is 0.0597. The third-order valence-electron chi connectivity index (χ3n) is 2.30. The van der Waals surface area contributed by atoms with Gasteiger partial charge in [0.05, 0.1) is 7.11 Å². The summed E-state index contributed by atoms with van der Waals surface area (Å²) in [5, 5.41) is 9.85. The number of methoxy groups -OCH3 is 1. The Morgan fingerprint density at radius 2 is 2.00 bits per heavy atom. The predicted octanol–water partition coefficient (Wildman–Crippen LogP) is 2.60. The van der Waals surface area contributed by atoms with Gasteiger partial charge in [-0.05, 0) is 25.5 Å². The van der Waals surface area contributed by atoms with Crippen LogP contribution in [0.2, 0.25) is 0 Å². The molecular weight excluding hydrogens is 192 g/mol. The first-order valence-electron chi connectivity index (χ1n) is 4.65. The van der Waals surface area contributed by atoms with E-state index in [1.54, 1.807) is 12.1 Å². The molecule has 0 atom stereocenters. The van der Waals surface area contributed by atoms with E-state index in [4.69, 9.17) is 0 Å². The van der Waals surface area contributed by atoms with Crippen LogP contribution in [0.15, 0.2) is 24.3 Å². The van der Waals surface area contributed by atoms with Crippen LogP contribution in [0.5, 0.6) is 5.75 Å². The van der Waals surface area contributed by atoms with Gasteiger partial charge in [0.2, 0.25) is 0 Å². The molecule has 1 aromatic carbocycles. The van der Waals surface area contributed by atoms with Crippen LogP contribution in [0.3, 0.4) is 0 Å². The molecule has 1 aromatic rings. The molecule has 0 unspecified atom stereocenters. The zero-order valence-electron chi connectivity index (χ0n) is 9.07. The van der Waals surface area contributed by atoms with Gasteiger partial charge in [0.15, 0.2) is 0 Å². The maximum Gasteiger partial charge on any atom is 0.341 e. The number of carbonyl (C=O) groups is 1. The van der Waals surface area contributed by atoms with Crippen LogP contribution in [0.25, 0.3) is 5.57 Å². The van der Waals surface area contributed by atoms with Gasteiger partial charge < -0.3 is 9.84 Å². The van der Waals surface area contributed by atoms with E-state index in [-0.39, 0.29) is 11.3 Å². The molecule has 0 amide bonds. The molecule has 0 spiro atoms. The first kappa shape index (κ1) is 11.3. The molecule has 0 aliphatic rings. The summed E-state index contributed by atoms with van der Waals surface area (Å²) in [6.07, 6.45) is 1.87. The van der Waals surface area contributed by atoms with Gasteiger partial charge in [0.1, 0.15) is 11.3 Å². The second-order valence-electron chi connectivity index (χ2n) is 3.17. The Balaban J connectivity index is 3.29. The molecule has 0 radical (unpaired) electrons. The van der Waals surface area contributed by atoms with Gasteiger partial charge in [-0.3, -0.25) is 0 Å². The average molecular weight is 206 g/mol. The molecule has 0 saturated carbocycles. The fraction of sp³-hybridized carbons (Fsp3) is 0.250. The summed E-state index contributed by atoms with van der Waals surface area (Å²) >= 11 is 0. The topological polar surface area (TPSA) is 46.5 Å². The quantitative estimate of drug-likeness (QED) is 0.756. The van der Waals surface area contributed by atoms with Crippen molar-refractivity contribution in [3.63, 3.8) is 0 Å². The van der Waals surface area contributed by atoms with Crippen molar-refractivity contribution in [1.82, 2.24) is 0 Å². The van der Waals surface area contributed by atoms with Crippen molar-refractivity contribution in [3.05, 3.63) is 35.4 Å². The molecule has 15 heavy (non-hydrogen) atoms. The number of allylic oxidation sites excluding steroid dienone is 2. The number of ether oxygens (including phenoxy) is 1. The van der Waals surface area contributed by atoms with Crippen LogP contribution in [-0.2, 0) is 4.74 Å². The number of rotatable bonds is 2. The van der Waals surface area contributed by atoms with Gasteiger partial charge in [-0.15, -0.1) is 0 Å². The Bertz CT molecular complexity index is 405. The summed E-state index contributed by atoms with van der Waals surface area (Å²) in [6.45, 7) is 3.75. The Morgan fingerprint density at radius 1 is 1.40 bits per heavy atom. The van der Waals surface area contributed by atoms with E-state index < -0.39 is 5.97 Å². The summed E-state index contributed by atoms with van der Waals surface area (Å²) in [4.78, 5) is 11.3. The predicted molar refractivity (Wildman–Crippen MR) is 58.8 cm³/mol. The van der Waals surface area contributed by atoms with Gasteiger partial charge in [-0.1, -0.05) is 18.2 Å². The van der Waals surface area contributed by atoms with Gasteiger partial charge in [-0.2, -0.15) is 0 Å². The Morgan fingerprint density at radius 3 is 2.53 bits per heavy atom. The van der Waals surface area contributed by atoms with E-state index in [1.807, 2.05) is 19.9 Å². The smallest absolute Gasteiger partial charge is 0.341 e. The normalized spacial score (nSPS) is 11.3. The van der Waals surface area contributed by atoms with E-state index in [0.717, 1.165) is 5.57 Å². The SMILES string of the molecule is CC=C(C)c1cccc(C(=O)OC)c1O. The molecule has 3 nitrogen and oxygen atoms in total.